The number of anilines is 2. The van der Waals surface area contributed by atoms with E-state index in [0.29, 0.717) is 10.0 Å². The molecule has 22 heavy (non-hydrogen) atoms. The third kappa shape index (κ3) is 2.25. The van der Waals surface area contributed by atoms with Crippen LogP contribution in [0.3, 0.4) is 0 Å². The summed E-state index contributed by atoms with van der Waals surface area (Å²) < 4.78 is 5.90. The van der Waals surface area contributed by atoms with Crippen LogP contribution in [0.5, 0.6) is 0 Å². The first-order valence-electron chi connectivity index (χ1n) is 7.27. The summed E-state index contributed by atoms with van der Waals surface area (Å²) in [5.41, 5.74) is 3.36. The van der Waals surface area contributed by atoms with E-state index in [0.717, 1.165) is 48.8 Å². The van der Waals surface area contributed by atoms with Crippen LogP contribution in [0.1, 0.15) is 18.4 Å². The molecule has 3 heterocycles. The molecule has 0 N–H and O–H groups in total. The van der Waals surface area contributed by atoms with E-state index in [1.807, 2.05) is 24.3 Å². The van der Waals surface area contributed by atoms with Crippen molar-refractivity contribution in [1.29, 1.82) is 0 Å². The number of hydrogen-bond donors (Lipinski definition) is 0. The molecule has 0 spiro atoms. The Balaban J connectivity index is 1.84. The van der Waals surface area contributed by atoms with Crippen LogP contribution < -0.4 is 4.90 Å². The molecule has 0 unspecified atom stereocenters. The minimum Gasteiger partial charge on any atom is -0.493 e. The summed E-state index contributed by atoms with van der Waals surface area (Å²) in [7, 11) is 0. The number of aromatic nitrogens is 1. The maximum absolute atomic E-state index is 6.18. The number of rotatable bonds is 1. The molecule has 1 aromatic heterocycles. The molecule has 2 aromatic rings. The Morgan fingerprint density at radius 3 is 2.91 bits per heavy atom. The monoisotopic (exact) mass is 332 g/mol. The third-order valence-electron chi connectivity index (χ3n) is 4.04. The summed E-state index contributed by atoms with van der Waals surface area (Å²) in [5.74, 6) is 1.91. The lowest BCUT2D eigenvalue weighted by Crippen LogP contribution is -2.29. The van der Waals surface area contributed by atoms with Crippen molar-refractivity contribution in [2.75, 3.05) is 18.1 Å². The Labute approximate surface area is 139 Å². The number of fused-ring (bicyclic) bond motifs is 2. The Morgan fingerprint density at radius 2 is 2.05 bits per heavy atom. The maximum Gasteiger partial charge on any atom is 0.144 e. The van der Waals surface area contributed by atoms with E-state index in [4.69, 9.17) is 27.9 Å². The quantitative estimate of drug-likeness (QED) is 0.729. The molecule has 3 nitrogen and oxygen atoms in total. The van der Waals surface area contributed by atoms with E-state index in [-0.39, 0.29) is 0 Å². The highest BCUT2D eigenvalue weighted by molar-refractivity contribution is 6.42. The highest BCUT2D eigenvalue weighted by atomic mass is 35.5. The van der Waals surface area contributed by atoms with Crippen LogP contribution >= 0.6 is 23.2 Å². The van der Waals surface area contributed by atoms with Crippen molar-refractivity contribution in [3.05, 3.63) is 57.7 Å². The predicted octanol–water partition coefficient (Wildman–Crippen LogP) is 5.06. The van der Waals surface area contributed by atoms with Gasteiger partial charge < -0.3 is 9.64 Å². The molecule has 5 heteroatoms. The van der Waals surface area contributed by atoms with Gasteiger partial charge in [-0.05, 0) is 48.7 Å². The molecule has 0 saturated carbocycles. The Hall–Kier alpha value is -1.71. The summed E-state index contributed by atoms with van der Waals surface area (Å²) in [5, 5.41) is 1.11. The maximum atomic E-state index is 6.18. The van der Waals surface area contributed by atoms with Gasteiger partial charge in [0.1, 0.15) is 11.6 Å². The second kappa shape index (κ2) is 5.49. The Bertz CT molecular complexity index is 773. The van der Waals surface area contributed by atoms with Crippen molar-refractivity contribution in [2.45, 2.75) is 12.8 Å². The minimum absolute atomic E-state index is 0.552. The van der Waals surface area contributed by atoms with Crippen LogP contribution in [0, 0.1) is 0 Å². The van der Waals surface area contributed by atoms with Crippen molar-refractivity contribution in [2.24, 2.45) is 0 Å². The van der Waals surface area contributed by atoms with Gasteiger partial charge in [0.25, 0.3) is 0 Å². The number of ether oxygens (including phenoxy) is 1. The molecule has 2 aliphatic heterocycles. The van der Waals surface area contributed by atoms with Crippen LogP contribution in [0.2, 0.25) is 10.0 Å². The number of nitrogens with zero attached hydrogens (tertiary/aromatic N) is 2. The van der Waals surface area contributed by atoms with Gasteiger partial charge in [-0.2, -0.15) is 0 Å². The van der Waals surface area contributed by atoms with Crippen molar-refractivity contribution >= 4 is 40.5 Å². The summed E-state index contributed by atoms with van der Waals surface area (Å²) in [6.07, 6.45) is 3.92. The van der Waals surface area contributed by atoms with Gasteiger partial charge >= 0.3 is 0 Å². The van der Waals surface area contributed by atoms with Crippen molar-refractivity contribution in [3.8, 4) is 0 Å². The van der Waals surface area contributed by atoms with E-state index in [1.54, 1.807) is 6.20 Å². The first-order valence-corrected chi connectivity index (χ1v) is 8.02. The van der Waals surface area contributed by atoms with E-state index < -0.39 is 0 Å². The highest BCUT2D eigenvalue weighted by Crippen LogP contribution is 2.41. The molecule has 0 radical (unpaired) electrons. The molecule has 0 aliphatic carbocycles. The average molecular weight is 333 g/mol. The largest absolute Gasteiger partial charge is 0.493 e. The lowest BCUT2D eigenvalue weighted by atomic mass is 9.97. The fraction of sp³-hybridized carbons (Fsp3) is 0.235. The van der Waals surface area contributed by atoms with E-state index in [1.165, 1.54) is 5.57 Å². The normalized spacial score (nSPS) is 16.9. The van der Waals surface area contributed by atoms with Crippen LogP contribution in [-0.4, -0.2) is 18.1 Å². The Morgan fingerprint density at radius 1 is 1.14 bits per heavy atom. The van der Waals surface area contributed by atoms with Crippen LogP contribution in [-0.2, 0) is 4.74 Å². The molecule has 0 atom stereocenters. The molecule has 112 valence electrons. The lowest BCUT2D eigenvalue weighted by molar-refractivity contribution is 0.251. The van der Waals surface area contributed by atoms with Gasteiger partial charge in [0, 0.05) is 18.4 Å². The van der Waals surface area contributed by atoms with Gasteiger partial charge in [0.15, 0.2) is 0 Å². The van der Waals surface area contributed by atoms with Gasteiger partial charge in [-0.1, -0.05) is 23.2 Å². The molecule has 0 amide bonds. The second-order valence-corrected chi connectivity index (χ2v) is 6.26. The Kier molecular flexibility index (Phi) is 3.47. The molecule has 0 saturated heterocycles. The SMILES string of the molecule is Clc1ccc(N2CC3=C(OCCC3)c3cccnc32)cc1Cl. The van der Waals surface area contributed by atoms with Gasteiger partial charge in [-0.3, -0.25) is 0 Å². The van der Waals surface area contributed by atoms with Crippen LogP contribution in [0.25, 0.3) is 5.76 Å². The molecule has 0 fully saturated rings. The van der Waals surface area contributed by atoms with Crippen LogP contribution in [0.15, 0.2) is 42.1 Å². The zero-order valence-electron chi connectivity index (χ0n) is 11.9. The zero-order chi connectivity index (χ0) is 15.1. The molecular weight excluding hydrogens is 319 g/mol. The molecular formula is C17H14Cl2N2O. The summed E-state index contributed by atoms with van der Waals surface area (Å²) in [6.45, 7) is 1.55. The molecule has 4 rings (SSSR count). The fourth-order valence-electron chi connectivity index (χ4n) is 3.02. The summed E-state index contributed by atoms with van der Waals surface area (Å²) in [6, 6.07) is 9.69. The van der Waals surface area contributed by atoms with E-state index >= 15 is 0 Å². The van der Waals surface area contributed by atoms with Gasteiger partial charge in [0.2, 0.25) is 0 Å². The zero-order valence-corrected chi connectivity index (χ0v) is 13.4. The van der Waals surface area contributed by atoms with Gasteiger partial charge in [-0.15, -0.1) is 0 Å². The van der Waals surface area contributed by atoms with E-state index in [9.17, 15) is 0 Å². The topological polar surface area (TPSA) is 25.4 Å². The van der Waals surface area contributed by atoms with Crippen molar-refractivity contribution in [1.82, 2.24) is 4.98 Å². The van der Waals surface area contributed by atoms with Gasteiger partial charge in [-0.25, -0.2) is 4.98 Å². The summed E-state index contributed by atoms with van der Waals surface area (Å²) >= 11 is 12.2. The second-order valence-electron chi connectivity index (χ2n) is 5.44. The van der Waals surface area contributed by atoms with Crippen LogP contribution in [0.4, 0.5) is 11.5 Å². The fourth-order valence-corrected chi connectivity index (χ4v) is 3.31. The first kappa shape index (κ1) is 13.9. The number of hydrogen-bond acceptors (Lipinski definition) is 3. The van der Waals surface area contributed by atoms with Crippen molar-refractivity contribution in [3.63, 3.8) is 0 Å². The number of benzene rings is 1. The van der Waals surface area contributed by atoms with Gasteiger partial charge in [0.05, 0.1) is 22.2 Å². The average Bonchev–Trinajstić information content (AvgIpc) is 2.57. The smallest absolute Gasteiger partial charge is 0.144 e. The summed E-state index contributed by atoms with van der Waals surface area (Å²) in [4.78, 5) is 6.73. The molecule has 1 aromatic carbocycles. The van der Waals surface area contributed by atoms with E-state index in [2.05, 4.69) is 16.0 Å². The number of halogens is 2. The molecule has 2 aliphatic rings. The standard InChI is InChI=1S/C17H14Cl2N2O/c18-14-6-5-12(9-15(14)19)21-10-11-3-2-8-22-16(11)13-4-1-7-20-17(13)21/h1,4-7,9H,2-3,8,10H2. The lowest BCUT2D eigenvalue weighted by Gasteiger charge is -2.35. The van der Waals surface area contributed by atoms with Crippen molar-refractivity contribution < 1.29 is 4.74 Å². The molecule has 0 bridgehead atoms. The minimum atomic E-state index is 0.552. The number of pyridine rings is 1. The third-order valence-corrected chi connectivity index (χ3v) is 4.78. The first-order chi connectivity index (χ1) is 10.7. The predicted molar refractivity (Wildman–Crippen MR) is 89.8 cm³/mol. The highest BCUT2D eigenvalue weighted by Gasteiger charge is 2.29.